The van der Waals surface area contributed by atoms with Gasteiger partial charge >= 0.3 is 5.97 Å². The summed E-state index contributed by atoms with van der Waals surface area (Å²) < 4.78 is 27.6. The van der Waals surface area contributed by atoms with E-state index in [1.54, 1.807) is 30.3 Å². The molecule has 0 aliphatic rings. The van der Waals surface area contributed by atoms with Gasteiger partial charge in [0.05, 0.1) is 5.92 Å². The van der Waals surface area contributed by atoms with Gasteiger partial charge in [0.25, 0.3) is 11.8 Å². The summed E-state index contributed by atoms with van der Waals surface area (Å²) in [6, 6.07) is 9.16. The van der Waals surface area contributed by atoms with Crippen molar-refractivity contribution in [1.29, 1.82) is 0 Å². The molecule has 23 heavy (non-hydrogen) atoms. The maximum atomic E-state index is 13.8. The van der Waals surface area contributed by atoms with E-state index in [0.717, 1.165) is 13.0 Å². The van der Waals surface area contributed by atoms with E-state index in [1.807, 2.05) is 0 Å². The lowest BCUT2D eigenvalue weighted by Gasteiger charge is -2.24. The molecule has 0 saturated heterocycles. The molecule has 3 N–H and O–H groups in total. The van der Waals surface area contributed by atoms with Gasteiger partial charge in [-0.15, -0.1) is 0 Å². The summed E-state index contributed by atoms with van der Waals surface area (Å²) in [5.41, 5.74) is -0.0298. The standard InChI is InChI=1S/C15H15F2N3O3/c1-15(16,17)10(9-5-3-2-4-6-9)8-18-13(21)11-7-12(14(22)23)20-19-11/h2-7,10H,8H2,1H3,(H,18,21)(H,19,20)(H,22,23). The second-order valence-electron chi connectivity index (χ2n) is 5.10. The Labute approximate surface area is 130 Å². The van der Waals surface area contributed by atoms with Crippen molar-refractivity contribution >= 4 is 11.9 Å². The van der Waals surface area contributed by atoms with Crippen LogP contribution in [-0.4, -0.2) is 39.6 Å². The van der Waals surface area contributed by atoms with Gasteiger partial charge in [-0.3, -0.25) is 9.89 Å². The molecule has 122 valence electrons. The summed E-state index contributed by atoms with van der Waals surface area (Å²) in [5, 5.41) is 16.8. The van der Waals surface area contributed by atoms with Gasteiger partial charge in [-0.2, -0.15) is 5.10 Å². The lowest BCUT2D eigenvalue weighted by molar-refractivity contribution is -0.00729. The highest BCUT2D eigenvalue weighted by molar-refractivity contribution is 5.95. The number of H-pyrrole nitrogens is 1. The average Bonchev–Trinajstić information content (AvgIpc) is 2.97. The monoisotopic (exact) mass is 323 g/mol. The molecule has 0 fully saturated rings. The first kappa shape index (κ1) is 16.6. The smallest absolute Gasteiger partial charge is 0.353 e. The summed E-state index contributed by atoms with van der Waals surface area (Å²) in [6.07, 6.45) is 0. The first-order valence-corrected chi connectivity index (χ1v) is 6.78. The van der Waals surface area contributed by atoms with Gasteiger partial charge < -0.3 is 10.4 Å². The van der Waals surface area contributed by atoms with Crippen molar-refractivity contribution in [3.05, 3.63) is 53.3 Å². The molecular weight excluding hydrogens is 308 g/mol. The Hall–Kier alpha value is -2.77. The predicted octanol–water partition coefficient (Wildman–Crippen LogP) is 2.28. The van der Waals surface area contributed by atoms with Crippen LogP contribution in [0.4, 0.5) is 8.78 Å². The van der Waals surface area contributed by atoms with Gasteiger partial charge in [-0.25, -0.2) is 13.6 Å². The van der Waals surface area contributed by atoms with Crippen molar-refractivity contribution < 1.29 is 23.5 Å². The van der Waals surface area contributed by atoms with Crippen LogP contribution in [0, 0.1) is 0 Å². The topological polar surface area (TPSA) is 95.1 Å². The van der Waals surface area contributed by atoms with E-state index >= 15 is 0 Å². The second kappa shape index (κ2) is 6.55. The predicted molar refractivity (Wildman–Crippen MR) is 77.7 cm³/mol. The maximum absolute atomic E-state index is 13.8. The summed E-state index contributed by atoms with van der Waals surface area (Å²) in [7, 11) is 0. The Morgan fingerprint density at radius 2 is 2.00 bits per heavy atom. The first-order chi connectivity index (χ1) is 10.8. The quantitative estimate of drug-likeness (QED) is 0.760. The number of hydrogen-bond donors (Lipinski definition) is 3. The van der Waals surface area contributed by atoms with E-state index < -0.39 is 23.7 Å². The van der Waals surface area contributed by atoms with E-state index in [4.69, 9.17) is 5.11 Å². The lowest BCUT2D eigenvalue weighted by Crippen LogP contribution is -2.35. The number of carboxylic acids is 1. The van der Waals surface area contributed by atoms with E-state index in [9.17, 15) is 18.4 Å². The number of aromatic nitrogens is 2. The zero-order valence-electron chi connectivity index (χ0n) is 12.2. The number of nitrogens with zero attached hydrogens (tertiary/aromatic N) is 1. The zero-order chi connectivity index (χ0) is 17.0. The van der Waals surface area contributed by atoms with Gasteiger partial charge in [-0.05, 0) is 5.56 Å². The number of nitrogens with one attached hydrogen (secondary N) is 2. The first-order valence-electron chi connectivity index (χ1n) is 6.78. The summed E-state index contributed by atoms with van der Waals surface area (Å²) in [6.45, 7) is 0.482. The van der Waals surface area contributed by atoms with Crippen LogP contribution < -0.4 is 5.32 Å². The normalized spacial score (nSPS) is 12.7. The summed E-state index contributed by atoms with van der Waals surface area (Å²) in [4.78, 5) is 22.6. The molecule has 2 rings (SSSR count). The number of alkyl halides is 2. The number of hydrogen-bond acceptors (Lipinski definition) is 3. The second-order valence-corrected chi connectivity index (χ2v) is 5.10. The molecule has 2 aromatic rings. The molecule has 6 nitrogen and oxygen atoms in total. The van der Waals surface area contributed by atoms with Crippen LogP contribution in [0.3, 0.4) is 0 Å². The highest BCUT2D eigenvalue weighted by Gasteiger charge is 2.35. The molecular formula is C15H15F2N3O3. The van der Waals surface area contributed by atoms with Gasteiger partial charge in [0.1, 0.15) is 5.69 Å². The van der Waals surface area contributed by atoms with Crippen LogP contribution in [0.5, 0.6) is 0 Å². The van der Waals surface area contributed by atoms with Crippen LogP contribution in [0.2, 0.25) is 0 Å². The van der Waals surface area contributed by atoms with Crippen LogP contribution in [0.1, 0.15) is 39.4 Å². The van der Waals surface area contributed by atoms with Crippen molar-refractivity contribution in [3.8, 4) is 0 Å². The van der Waals surface area contributed by atoms with E-state index in [1.165, 1.54) is 0 Å². The third kappa shape index (κ3) is 4.12. The molecule has 0 spiro atoms. The van der Waals surface area contributed by atoms with Gasteiger partial charge in [0, 0.05) is 19.5 Å². The number of carboxylic acid groups (broad SMARTS) is 1. The average molecular weight is 323 g/mol. The number of carbonyl (C=O) groups excluding carboxylic acids is 1. The molecule has 1 amide bonds. The minimum atomic E-state index is -3.04. The SMILES string of the molecule is CC(F)(F)C(CNC(=O)c1cc(C(=O)O)[nH]n1)c1ccccc1. The Morgan fingerprint density at radius 1 is 1.35 bits per heavy atom. The Bertz CT molecular complexity index is 695. The van der Waals surface area contributed by atoms with Crippen molar-refractivity contribution in [2.24, 2.45) is 0 Å². The van der Waals surface area contributed by atoms with Gasteiger partial charge in [0.15, 0.2) is 5.69 Å². The Morgan fingerprint density at radius 3 is 2.52 bits per heavy atom. The number of aromatic amines is 1. The number of rotatable bonds is 6. The fraction of sp³-hybridized carbons (Fsp3) is 0.267. The summed E-state index contributed by atoms with van der Waals surface area (Å²) >= 11 is 0. The van der Waals surface area contributed by atoms with Crippen LogP contribution in [0.15, 0.2) is 36.4 Å². The molecule has 1 unspecified atom stereocenters. The van der Waals surface area contributed by atoms with Gasteiger partial charge in [-0.1, -0.05) is 30.3 Å². The molecule has 8 heteroatoms. The van der Waals surface area contributed by atoms with Crippen molar-refractivity contribution in [3.63, 3.8) is 0 Å². The highest BCUT2D eigenvalue weighted by atomic mass is 19.3. The number of amides is 1. The molecule has 0 saturated carbocycles. The molecule has 0 bridgehead atoms. The summed E-state index contributed by atoms with van der Waals surface area (Å²) in [5.74, 6) is -6.23. The number of halogens is 2. The van der Waals surface area contributed by atoms with Crippen molar-refractivity contribution in [2.75, 3.05) is 6.54 Å². The minimum absolute atomic E-state index is 0.173. The van der Waals surface area contributed by atoms with Crippen LogP contribution in [-0.2, 0) is 0 Å². The van der Waals surface area contributed by atoms with Gasteiger partial charge in [0.2, 0.25) is 0 Å². The van der Waals surface area contributed by atoms with Crippen LogP contribution >= 0.6 is 0 Å². The number of benzene rings is 1. The molecule has 0 aliphatic carbocycles. The Kier molecular flexibility index (Phi) is 4.73. The third-order valence-electron chi connectivity index (χ3n) is 3.32. The number of carbonyl (C=O) groups is 2. The minimum Gasteiger partial charge on any atom is -0.477 e. The largest absolute Gasteiger partial charge is 0.477 e. The number of aromatic carboxylic acids is 1. The molecule has 1 atom stereocenters. The highest BCUT2D eigenvalue weighted by Crippen LogP contribution is 2.32. The van der Waals surface area contributed by atoms with Crippen molar-refractivity contribution in [2.45, 2.75) is 18.8 Å². The van der Waals surface area contributed by atoms with E-state index in [0.29, 0.717) is 5.56 Å². The van der Waals surface area contributed by atoms with E-state index in [2.05, 4.69) is 15.5 Å². The fourth-order valence-electron chi connectivity index (χ4n) is 2.11. The van der Waals surface area contributed by atoms with E-state index in [-0.39, 0.29) is 17.9 Å². The zero-order valence-corrected chi connectivity index (χ0v) is 12.2. The molecule has 0 aliphatic heterocycles. The molecule has 1 aromatic heterocycles. The Balaban J connectivity index is 2.09. The van der Waals surface area contributed by atoms with Crippen LogP contribution in [0.25, 0.3) is 0 Å². The van der Waals surface area contributed by atoms with Crippen molar-refractivity contribution in [1.82, 2.24) is 15.5 Å². The molecule has 1 aromatic carbocycles. The lowest BCUT2D eigenvalue weighted by atomic mass is 9.93. The molecule has 1 heterocycles. The maximum Gasteiger partial charge on any atom is 0.353 e. The fourth-order valence-corrected chi connectivity index (χ4v) is 2.11. The third-order valence-corrected chi connectivity index (χ3v) is 3.32. The molecule has 0 radical (unpaired) electrons.